The molecule has 1 atom stereocenters. The van der Waals surface area contributed by atoms with Gasteiger partial charge in [-0.15, -0.1) is 0 Å². The van der Waals surface area contributed by atoms with Gasteiger partial charge in [-0.05, 0) is 19.1 Å². The van der Waals surface area contributed by atoms with E-state index in [-0.39, 0.29) is 12.7 Å². The molecule has 1 aromatic rings. The second-order valence-corrected chi connectivity index (χ2v) is 2.79. The van der Waals surface area contributed by atoms with Gasteiger partial charge >= 0.3 is 0 Å². The quantitative estimate of drug-likeness (QED) is 0.766. The third-order valence-electron chi connectivity index (χ3n) is 1.64. The molecule has 72 valence electrons. The first-order chi connectivity index (χ1) is 6.26. The highest BCUT2D eigenvalue weighted by molar-refractivity contribution is 5.32. The second kappa shape index (κ2) is 4.72. The van der Waals surface area contributed by atoms with Crippen molar-refractivity contribution in [1.29, 1.82) is 0 Å². The van der Waals surface area contributed by atoms with Crippen LogP contribution in [0.2, 0.25) is 0 Å². The van der Waals surface area contributed by atoms with Gasteiger partial charge in [0.25, 0.3) is 0 Å². The average molecular weight is 182 g/mol. The Balaban J connectivity index is 2.66. The Kier molecular flexibility index (Phi) is 3.58. The summed E-state index contributed by atoms with van der Waals surface area (Å²) in [5, 5.41) is 8.77. The average Bonchev–Trinajstić information content (AvgIpc) is 2.18. The van der Waals surface area contributed by atoms with E-state index in [2.05, 4.69) is 0 Å². The molecule has 0 saturated heterocycles. The highest BCUT2D eigenvalue weighted by Crippen LogP contribution is 2.19. The molecular formula is C10H14O3. The third kappa shape index (κ3) is 2.95. The number of hydrogen-bond donors (Lipinski definition) is 1. The van der Waals surface area contributed by atoms with Gasteiger partial charge in [0.05, 0.1) is 13.7 Å². The van der Waals surface area contributed by atoms with Gasteiger partial charge in [-0.2, -0.15) is 0 Å². The second-order valence-electron chi connectivity index (χ2n) is 2.79. The zero-order valence-electron chi connectivity index (χ0n) is 7.86. The molecule has 13 heavy (non-hydrogen) atoms. The molecule has 0 fully saturated rings. The van der Waals surface area contributed by atoms with Crippen molar-refractivity contribution in [3.63, 3.8) is 0 Å². The molecule has 3 heteroatoms. The molecular weight excluding hydrogens is 168 g/mol. The Hall–Kier alpha value is -1.22. The first-order valence-electron chi connectivity index (χ1n) is 4.18. The largest absolute Gasteiger partial charge is 0.497 e. The Morgan fingerprint density at radius 2 is 2.08 bits per heavy atom. The van der Waals surface area contributed by atoms with Gasteiger partial charge in [-0.3, -0.25) is 0 Å². The maximum atomic E-state index is 8.77. The van der Waals surface area contributed by atoms with Crippen LogP contribution in [0.1, 0.15) is 6.92 Å². The minimum atomic E-state index is -0.188. The molecule has 0 spiro atoms. The van der Waals surface area contributed by atoms with Crippen LogP contribution in [-0.2, 0) is 0 Å². The Morgan fingerprint density at radius 3 is 2.69 bits per heavy atom. The maximum absolute atomic E-state index is 8.77. The molecule has 0 radical (unpaired) electrons. The summed E-state index contributed by atoms with van der Waals surface area (Å²) < 4.78 is 10.4. The van der Waals surface area contributed by atoms with E-state index in [9.17, 15) is 0 Å². The fraction of sp³-hybridized carbons (Fsp3) is 0.400. The summed E-state index contributed by atoms with van der Waals surface area (Å²) in [6.07, 6.45) is -0.188. The number of aliphatic hydroxyl groups is 1. The van der Waals surface area contributed by atoms with Crippen molar-refractivity contribution in [2.75, 3.05) is 13.7 Å². The van der Waals surface area contributed by atoms with Gasteiger partial charge in [0.15, 0.2) is 0 Å². The molecule has 0 heterocycles. The van der Waals surface area contributed by atoms with Crippen molar-refractivity contribution < 1.29 is 14.6 Å². The first kappa shape index (κ1) is 9.86. The summed E-state index contributed by atoms with van der Waals surface area (Å²) in [5.41, 5.74) is 0. The highest BCUT2D eigenvalue weighted by Gasteiger charge is 2.02. The van der Waals surface area contributed by atoms with Crippen molar-refractivity contribution in [2.45, 2.75) is 13.0 Å². The van der Waals surface area contributed by atoms with Crippen LogP contribution in [0, 0.1) is 0 Å². The van der Waals surface area contributed by atoms with E-state index < -0.39 is 0 Å². The van der Waals surface area contributed by atoms with Crippen molar-refractivity contribution in [3.8, 4) is 11.5 Å². The SMILES string of the molecule is COc1cccc(O[C@H](C)CO)c1. The van der Waals surface area contributed by atoms with E-state index in [1.807, 2.05) is 18.2 Å². The summed E-state index contributed by atoms with van der Waals surface area (Å²) in [6, 6.07) is 7.30. The van der Waals surface area contributed by atoms with Crippen molar-refractivity contribution in [1.82, 2.24) is 0 Å². The predicted molar refractivity (Wildman–Crippen MR) is 50.2 cm³/mol. The molecule has 0 aromatic heterocycles. The molecule has 1 rings (SSSR count). The first-order valence-corrected chi connectivity index (χ1v) is 4.18. The monoisotopic (exact) mass is 182 g/mol. The highest BCUT2D eigenvalue weighted by atomic mass is 16.5. The van der Waals surface area contributed by atoms with Crippen LogP contribution in [0.25, 0.3) is 0 Å². The third-order valence-corrected chi connectivity index (χ3v) is 1.64. The van der Waals surface area contributed by atoms with Crippen molar-refractivity contribution >= 4 is 0 Å². The number of methoxy groups -OCH3 is 1. The van der Waals surface area contributed by atoms with Crippen LogP contribution < -0.4 is 9.47 Å². The molecule has 1 N–H and O–H groups in total. The smallest absolute Gasteiger partial charge is 0.123 e. The molecule has 0 aliphatic carbocycles. The summed E-state index contributed by atoms with van der Waals surface area (Å²) in [5.74, 6) is 1.46. The van der Waals surface area contributed by atoms with Crippen molar-refractivity contribution in [3.05, 3.63) is 24.3 Å². The van der Waals surface area contributed by atoms with E-state index in [1.165, 1.54) is 0 Å². The zero-order chi connectivity index (χ0) is 9.68. The molecule has 0 aliphatic heterocycles. The molecule has 0 bridgehead atoms. The minimum absolute atomic E-state index is 0.0111. The summed E-state index contributed by atoms with van der Waals surface area (Å²) >= 11 is 0. The molecule has 0 saturated carbocycles. The number of hydrogen-bond acceptors (Lipinski definition) is 3. The predicted octanol–water partition coefficient (Wildman–Crippen LogP) is 1.45. The van der Waals surface area contributed by atoms with Crippen LogP contribution in [0.15, 0.2) is 24.3 Å². The summed E-state index contributed by atoms with van der Waals surface area (Å²) in [6.45, 7) is 1.82. The molecule has 0 aliphatic rings. The number of aliphatic hydroxyl groups excluding tert-OH is 1. The summed E-state index contributed by atoms with van der Waals surface area (Å²) in [4.78, 5) is 0. The Bertz CT molecular complexity index is 260. The lowest BCUT2D eigenvalue weighted by atomic mass is 10.3. The number of rotatable bonds is 4. The van der Waals surface area contributed by atoms with Crippen molar-refractivity contribution in [2.24, 2.45) is 0 Å². The van der Waals surface area contributed by atoms with E-state index in [0.29, 0.717) is 5.75 Å². The Labute approximate surface area is 77.9 Å². The lowest BCUT2D eigenvalue weighted by Crippen LogP contribution is -2.16. The zero-order valence-corrected chi connectivity index (χ0v) is 7.86. The fourth-order valence-corrected chi connectivity index (χ4v) is 0.944. The lowest BCUT2D eigenvalue weighted by Gasteiger charge is -2.12. The van der Waals surface area contributed by atoms with Crippen LogP contribution in [0.4, 0.5) is 0 Å². The summed E-state index contributed by atoms with van der Waals surface area (Å²) in [7, 11) is 1.61. The molecule has 3 nitrogen and oxygen atoms in total. The van der Waals surface area contributed by atoms with Gasteiger partial charge < -0.3 is 14.6 Å². The standard InChI is InChI=1S/C10H14O3/c1-8(7-11)13-10-5-3-4-9(6-10)12-2/h3-6,8,11H,7H2,1-2H3/t8-/m1/s1. The van der Waals surface area contributed by atoms with Crippen LogP contribution in [0.5, 0.6) is 11.5 Å². The van der Waals surface area contributed by atoms with Gasteiger partial charge in [-0.1, -0.05) is 6.07 Å². The van der Waals surface area contributed by atoms with Crippen LogP contribution >= 0.6 is 0 Å². The normalized spacial score (nSPS) is 12.2. The van der Waals surface area contributed by atoms with Gasteiger partial charge in [-0.25, -0.2) is 0 Å². The van der Waals surface area contributed by atoms with E-state index in [4.69, 9.17) is 14.6 Å². The minimum Gasteiger partial charge on any atom is -0.497 e. The number of benzene rings is 1. The van der Waals surface area contributed by atoms with Gasteiger partial charge in [0, 0.05) is 6.07 Å². The van der Waals surface area contributed by atoms with Crippen LogP contribution in [0.3, 0.4) is 0 Å². The molecule has 0 amide bonds. The van der Waals surface area contributed by atoms with E-state index in [0.717, 1.165) is 5.75 Å². The fourth-order valence-electron chi connectivity index (χ4n) is 0.944. The topological polar surface area (TPSA) is 38.7 Å². The van der Waals surface area contributed by atoms with Gasteiger partial charge in [0.2, 0.25) is 0 Å². The van der Waals surface area contributed by atoms with E-state index >= 15 is 0 Å². The number of ether oxygens (including phenoxy) is 2. The van der Waals surface area contributed by atoms with Gasteiger partial charge in [0.1, 0.15) is 17.6 Å². The Morgan fingerprint density at radius 1 is 1.38 bits per heavy atom. The van der Waals surface area contributed by atoms with Crippen LogP contribution in [-0.4, -0.2) is 24.9 Å². The molecule has 1 aromatic carbocycles. The lowest BCUT2D eigenvalue weighted by molar-refractivity contribution is 0.129. The molecule has 0 unspecified atom stereocenters. The van der Waals surface area contributed by atoms with E-state index in [1.54, 1.807) is 20.1 Å². The maximum Gasteiger partial charge on any atom is 0.123 e.